The average molecular weight is 564 g/mol. The molecular formula is C32H41N3O4S. The second kappa shape index (κ2) is 13.6. The number of aryl methyl sites for hydroxylation is 2. The lowest BCUT2D eigenvalue weighted by Gasteiger charge is -2.34. The van der Waals surface area contributed by atoms with Gasteiger partial charge in [-0.15, -0.1) is 0 Å². The summed E-state index contributed by atoms with van der Waals surface area (Å²) in [6.45, 7) is 11.2. The summed E-state index contributed by atoms with van der Waals surface area (Å²) in [7, 11) is -4.09. The molecule has 0 saturated heterocycles. The highest BCUT2D eigenvalue weighted by atomic mass is 32.2. The van der Waals surface area contributed by atoms with Crippen molar-refractivity contribution in [3.05, 3.63) is 95.1 Å². The van der Waals surface area contributed by atoms with Crippen LogP contribution in [0.1, 0.15) is 55.9 Å². The van der Waals surface area contributed by atoms with Crippen LogP contribution in [0.3, 0.4) is 0 Å². The molecule has 2 amide bonds. The lowest BCUT2D eigenvalue weighted by Crippen LogP contribution is -2.53. The maximum atomic E-state index is 14.2. The summed E-state index contributed by atoms with van der Waals surface area (Å²) in [4.78, 5) is 29.2. The fourth-order valence-electron chi connectivity index (χ4n) is 4.49. The zero-order valence-electron chi connectivity index (χ0n) is 24.3. The van der Waals surface area contributed by atoms with Crippen LogP contribution < -0.4 is 9.62 Å². The van der Waals surface area contributed by atoms with Gasteiger partial charge >= 0.3 is 0 Å². The fraction of sp³-hybridized carbons (Fsp3) is 0.375. The summed E-state index contributed by atoms with van der Waals surface area (Å²) < 4.78 is 29.1. The van der Waals surface area contributed by atoms with Crippen molar-refractivity contribution < 1.29 is 18.0 Å². The van der Waals surface area contributed by atoms with Gasteiger partial charge in [0.15, 0.2) is 0 Å². The van der Waals surface area contributed by atoms with E-state index in [-0.39, 0.29) is 23.4 Å². The molecule has 0 aliphatic carbocycles. The van der Waals surface area contributed by atoms with Crippen molar-refractivity contribution in [3.8, 4) is 0 Å². The molecule has 0 bridgehead atoms. The number of nitrogens with zero attached hydrogens (tertiary/aromatic N) is 2. The van der Waals surface area contributed by atoms with Crippen molar-refractivity contribution in [2.24, 2.45) is 0 Å². The topological polar surface area (TPSA) is 86.8 Å². The van der Waals surface area contributed by atoms with Crippen molar-refractivity contribution >= 4 is 27.5 Å². The number of sulfonamides is 1. The number of benzene rings is 3. The number of rotatable bonds is 12. The van der Waals surface area contributed by atoms with Gasteiger partial charge < -0.3 is 10.2 Å². The molecule has 0 unspecified atom stereocenters. The molecule has 1 N–H and O–H groups in total. The second-order valence-electron chi connectivity index (χ2n) is 10.3. The zero-order valence-corrected chi connectivity index (χ0v) is 25.2. The first kappa shape index (κ1) is 30.9. The Bertz CT molecular complexity index is 1410. The summed E-state index contributed by atoms with van der Waals surface area (Å²) >= 11 is 0. The Hall–Kier alpha value is -3.65. The standard InChI is InChI=1S/C32H41N3O4S/c1-7-25(5)33-32(37)29(8-2)34(21-27-19-17-23(3)18-20-27)31(36)22-35(30-16-12-13-24(4)26(30)6)40(38,39)28-14-10-9-11-15-28/h9-20,25,29H,7-8,21-22H2,1-6H3,(H,33,37)/t25-,29+/m1/s1. The minimum atomic E-state index is -4.09. The molecule has 0 fully saturated rings. The van der Waals surface area contributed by atoms with Gasteiger partial charge in [-0.3, -0.25) is 13.9 Å². The minimum Gasteiger partial charge on any atom is -0.352 e. The first-order valence-corrected chi connectivity index (χ1v) is 15.2. The molecule has 40 heavy (non-hydrogen) atoms. The molecule has 0 aromatic heterocycles. The second-order valence-corrected chi connectivity index (χ2v) is 12.2. The van der Waals surface area contributed by atoms with Gasteiger partial charge in [-0.1, -0.05) is 74.0 Å². The summed E-state index contributed by atoms with van der Waals surface area (Å²) in [6, 6.07) is 20.5. The highest BCUT2D eigenvalue weighted by Gasteiger charge is 2.34. The highest BCUT2D eigenvalue weighted by Crippen LogP contribution is 2.29. The van der Waals surface area contributed by atoms with Crippen LogP contribution in [-0.2, 0) is 26.2 Å². The number of carbonyl (C=O) groups is 2. The number of hydrogen-bond acceptors (Lipinski definition) is 4. The van der Waals surface area contributed by atoms with Crippen LogP contribution in [0.15, 0.2) is 77.7 Å². The van der Waals surface area contributed by atoms with Gasteiger partial charge in [-0.25, -0.2) is 8.42 Å². The summed E-state index contributed by atoms with van der Waals surface area (Å²) in [5, 5.41) is 3.00. The molecule has 0 spiro atoms. The smallest absolute Gasteiger partial charge is 0.264 e. The Morgan fingerprint density at radius 2 is 1.50 bits per heavy atom. The van der Waals surface area contributed by atoms with E-state index in [9.17, 15) is 18.0 Å². The largest absolute Gasteiger partial charge is 0.352 e. The molecule has 0 saturated carbocycles. The van der Waals surface area contributed by atoms with E-state index in [4.69, 9.17) is 0 Å². The highest BCUT2D eigenvalue weighted by molar-refractivity contribution is 7.92. The van der Waals surface area contributed by atoms with Crippen molar-refractivity contribution in [3.63, 3.8) is 0 Å². The van der Waals surface area contributed by atoms with Crippen molar-refractivity contribution in [2.75, 3.05) is 10.8 Å². The predicted octanol–water partition coefficient (Wildman–Crippen LogP) is 5.53. The van der Waals surface area contributed by atoms with Crippen LogP contribution in [-0.4, -0.2) is 43.8 Å². The van der Waals surface area contributed by atoms with Gasteiger partial charge in [-0.2, -0.15) is 0 Å². The van der Waals surface area contributed by atoms with E-state index in [0.717, 1.165) is 28.7 Å². The molecule has 7 nitrogen and oxygen atoms in total. The first-order valence-electron chi connectivity index (χ1n) is 13.8. The maximum Gasteiger partial charge on any atom is 0.264 e. The van der Waals surface area contributed by atoms with Crippen molar-refractivity contribution in [1.29, 1.82) is 0 Å². The van der Waals surface area contributed by atoms with Crippen LogP contribution in [0, 0.1) is 20.8 Å². The third-order valence-corrected chi connectivity index (χ3v) is 9.09. The van der Waals surface area contributed by atoms with Gasteiger partial charge in [0.05, 0.1) is 10.6 Å². The van der Waals surface area contributed by atoms with Gasteiger partial charge in [-0.05, 0) is 75.4 Å². The predicted molar refractivity (Wildman–Crippen MR) is 161 cm³/mol. The summed E-state index contributed by atoms with van der Waals surface area (Å²) in [5.74, 6) is -0.700. The summed E-state index contributed by atoms with van der Waals surface area (Å²) in [5.41, 5.74) is 4.05. The molecule has 0 aliphatic heterocycles. The molecule has 3 aromatic carbocycles. The van der Waals surface area contributed by atoms with Crippen LogP contribution in [0.5, 0.6) is 0 Å². The maximum absolute atomic E-state index is 14.2. The number of nitrogens with one attached hydrogen (secondary N) is 1. The monoisotopic (exact) mass is 563 g/mol. The van der Waals surface area contributed by atoms with Crippen LogP contribution >= 0.6 is 0 Å². The third kappa shape index (κ3) is 7.30. The zero-order chi connectivity index (χ0) is 29.4. The Kier molecular flexibility index (Phi) is 10.5. The summed E-state index contributed by atoms with van der Waals surface area (Å²) in [6.07, 6.45) is 1.14. The van der Waals surface area contributed by atoms with Crippen molar-refractivity contribution in [1.82, 2.24) is 10.2 Å². The Morgan fingerprint density at radius 3 is 2.10 bits per heavy atom. The SMILES string of the molecule is CC[C@@H](C)NC(=O)[C@H](CC)N(Cc1ccc(C)cc1)C(=O)CN(c1cccc(C)c1C)S(=O)(=O)c1ccccc1. The molecule has 3 rings (SSSR count). The Balaban J connectivity index is 2.08. The number of amides is 2. The fourth-order valence-corrected chi connectivity index (χ4v) is 5.98. The molecule has 8 heteroatoms. The minimum absolute atomic E-state index is 0.0530. The lowest BCUT2D eigenvalue weighted by molar-refractivity contribution is -0.140. The molecule has 2 atom stereocenters. The molecule has 0 aliphatic rings. The van der Waals surface area contributed by atoms with Crippen LogP contribution in [0.25, 0.3) is 0 Å². The average Bonchev–Trinajstić information content (AvgIpc) is 2.94. The van der Waals surface area contributed by atoms with Crippen LogP contribution in [0.2, 0.25) is 0 Å². The first-order chi connectivity index (χ1) is 19.0. The van der Waals surface area contributed by atoms with E-state index >= 15 is 0 Å². The molecule has 0 radical (unpaired) electrons. The number of carbonyl (C=O) groups excluding carboxylic acids is 2. The van der Waals surface area contributed by atoms with E-state index in [1.165, 1.54) is 21.3 Å². The molecular weight excluding hydrogens is 522 g/mol. The van der Waals surface area contributed by atoms with E-state index in [1.807, 2.05) is 71.9 Å². The molecule has 3 aromatic rings. The van der Waals surface area contributed by atoms with E-state index in [0.29, 0.717) is 12.1 Å². The number of anilines is 1. The number of hydrogen-bond donors (Lipinski definition) is 1. The third-order valence-electron chi connectivity index (χ3n) is 7.32. The Labute approximate surface area is 239 Å². The van der Waals surface area contributed by atoms with E-state index < -0.39 is 28.5 Å². The van der Waals surface area contributed by atoms with Crippen LogP contribution in [0.4, 0.5) is 5.69 Å². The molecule has 0 heterocycles. The lowest BCUT2D eigenvalue weighted by atomic mass is 10.1. The van der Waals surface area contributed by atoms with Crippen molar-refractivity contribution in [2.45, 2.75) is 77.9 Å². The van der Waals surface area contributed by atoms with Gasteiger partial charge in [0, 0.05) is 12.6 Å². The molecule has 214 valence electrons. The quantitative estimate of drug-likeness (QED) is 0.314. The van der Waals surface area contributed by atoms with Gasteiger partial charge in [0.1, 0.15) is 12.6 Å². The van der Waals surface area contributed by atoms with E-state index in [2.05, 4.69) is 5.32 Å². The normalized spacial score (nSPS) is 12.8. The van der Waals surface area contributed by atoms with Gasteiger partial charge in [0.25, 0.3) is 10.0 Å². The van der Waals surface area contributed by atoms with Gasteiger partial charge in [0.2, 0.25) is 11.8 Å². The Morgan fingerprint density at radius 1 is 0.850 bits per heavy atom. The van der Waals surface area contributed by atoms with E-state index in [1.54, 1.807) is 30.3 Å².